The number of hydrogen-bond donors (Lipinski definition) is 2. The predicted molar refractivity (Wildman–Crippen MR) is 64.1 cm³/mol. The molecule has 16 heavy (non-hydrogen) atoms. The minimum atomic E-state index is -0.0555. The molecule has 0 aliphatic rings. The Morgan fingerprint density at radius 1 is 1.38 bits per heavy atom. The molecule has 0 fully saturated rings. The topological polar surface area (TPSA) is 57.8 Å². The average Bonchev–Trinajstić information content (AvgIpc) is 2.69. The van der Waals surface area contributed by atoms with Crippen molar-refractivity contribution in [2.75, 3.05) is 6.54 Å². The van der Waals surface area contributed by atoms with E-state index >= 15 is 0 Å². The van der Waals surface area contributed by atoms with Crippen LogP contribution >= 0.6 is 0 Å². The lowest BCUT2D eigenvalue weighted by Gasteiger charge is -2.24. The Morgan fingerprint density at radius 3 is 2.44 bits per heavy atom. The number of aromatic amines is 1. The van der Waals surface area contributed by atoms with Gasteiger partial charge in [-0.2, -0.15) is 5.10 Å². The van der Waals surface area contributed by atoms with Crippen molar-refractivity contribution >= 4 is 5.91 Å². The van der Waals surface area contributed by atoms with Gasteiger partial charge in [-0.05, 0) is 17.8 Å². The first-order valence-electron chi connectivity index (χ1n) is 5.79. The van der Waals surface area contributed by atoms with Gasteiger partial charge in [-0.3, -0.25) is 9.89 Å². The number of carbonyl (C=O) groups excluding carboxylic acids is 1. The minimum absolute atomic E-state index is 0.0555. The lowest BCUT2D eigenvalue weighted by molar-refractivity contribution is 0.0937. The number of amides is 1. The van der Waals surface area contributed by atoms with Crippen molar-refractivity contribution in [2.45, 2.75) is 27.7 Å². The fourth-order valence-corrected chi connectivity index (χ4v) is 1.93. The van der Waals surface area contributed by atoms with Gasteiger partial charge in [0.05, 0.1) is 11.8 Å². The normalized spacial score (nSPS) is 11.4. The molecule has 0 aromatic carbocycles. The number of H-pyrrole nitrogens is 1. The zero-order valence-corrected chi connectivity index (χ0v) is 10.4. The number of carbonyl (C=O) groups is 1. The molecular formula is C12H21N3O. The van der Waals surface area contributed by atoms with Crippen molar-refractivity contribution in [3.63, 3.8) is 0 Å². The summed E-state index contributed by atoms with van der Waals surface area (Å²) in [4.78, 5) is 11.7. The number of nitrogens with one attached hydrogen (secondary N) is 2. The van der Waals surface area contributed by atoms with E-state index in [9.17, 15) is 4.79 Å². The molecule has 1 heterocycles. The van der Waals surface area contributed by atoms with Gasteiger partial charge in [-0.1, -0.05) is 27.7 Å². The van der Waals surface area contributed by atoms with E-state index in [0.29, 0.717) is 23.3 Å². The third kappa shape index (κ3) is 3.36. The Hall–Kier alpha value is -1.32. The first-order valence-corrected chi connectivity index (χ1v) is 5.79. The van der Waals surface area contributed by atoms with Crippen molar-refractivity contribution in [3.8, 4) is 0 Å². The molecule has 0 bridgehead atoms. The minimum Gasteiger partial charge on any atom is -0.352 e. The molecule has 1 aromatic heterocycles. The van der Waals surface area contributed by atoms with Crippen LogP contribution < -0.4 is 5.32 Å². The van der Waals surface area contributed by atoms with Crippen LogP contribution in [0.5, 0.6) is 0 Å². The maximum atomic E-state index is 11.7. The molecule has 4 heteroatoms. The highest BCUT2D eigenvalue weighted by molar-refractivity contribution is 5.93. The Balaban J connectivity index is 2.47. The van der Waals surface area contributed by atoms with Gasteiger partial charge in [-0.15, -0.1) is 0 Å². The van der Waals surface area contributed by atoms with Crippen molar-refractivity contribution in [1.82, 2.24) is 15.5 Å². The van der Waals surface area contributed by atoms with Gasteiger partial charge in [0.15, 0.2) is 0 Å². The maximum Gasteiger partial charge on any atom is 0.254 e. The fourth-order valence-electron chi connectivity index (χ4n) is 1.93. The van der Waals surface area contributed by atoms with Gasteiger partial charge in [0.2, 0.25) is 0 Å². The Morgan fingerprint density at radius 2 is 2.00 bits per heavy atom. The molecule has 90 valence electrons. The van der Waals surface area contributed by atoms with E-state index in [2.05, 4.69) is 43.2 Å². The average molecular weight is 223 g/mol. The van der Waals surface area contributed by atoms with Crippen LogP contribution in [0.25, 0.3) is 0 Å². The fraction of sp³-hybridized carbons (Fsp3) is 0.667. The van der Waals surface area contributed by atoms with E-state index in [4.69, 9.17) is 0 Å². The molecule has 0 radical (unpaired) electrons. The molecule has 1 amide bonds. The van der Waals surface area contributed by atoms with Crippen LogP contribution in [0.15, 0.2) is 12.4 Å². The summed E-state index contributed by atoms with van der Waals surface area (Å²) in [6, 6.07) is 0. The van der Waals surface area contributed by atoms with E-state index in [1.165, 1.54) is 6.20 Å². The maximum absolute atomic E-state index is 11.7. The van der Waals surface area contributed by atoms with E-state index in [-0.39, 0.29) is 5.91 Å². The van der Waals surface area contributed by atoms with Gasteiger partial charge in [0, 0.05) is 12.7 Å². The van der Waals surface area contributed by atoms with E-state index in [0.717, 1.165) is 6.54 Å². The SMILES string of the molecule is CC(C)C(CNC(=O)c1cn[nH]c1)C(C)C. The first-order chi connectivity index (χ1) is 7.52. The molecule has 1 aromatic rings. The van der Waals surface area contributed by atoms with Gasteiger partial charge in [-0.25, -0.2) is 0 Å². The smallest absolute Gasteiger partial charge is 0.254 e. The summed E-state index contributed by atoms with van der Waals surface area (Å²) in [6.45, 7) is 9.48. The molecule has 2 N–H and O–H groups in total. The van der Waals surface area contributed by atoms with Crippen molar-refractivity contribution in [2.24, 2.45) is 17.8 Å². The molecule has 0 atom stereocenters. The zero-order chi connectivity index (χ0) is 12.1. The molecule has 0 aliphatic carbocycles. The molecule has 0 aliphatic heterocycles. The third-order valence-corrected chi connectivity index (χ3v) is 2.97. The number of nitrogens with zero attached hydrogens (tertiary/aromatic N) is 1. The Kier molecular flexibility index (Phi) is 4.52. The van der Waals surface area contributed by atoms with Crippen LogP contribution in [0.4, 0.5) is 0 Å². The van der Waals surface area contributed by atoms with Crippen LogP contribution in [0.1, 0.15) is 38.1 Å². The van der Waals surface area contributed by atoms with Gasteiger partial charge < -0.3 is 5.32 Å². The number of hydrogen-bond acceptors (Lipinski definition) is 2. The second kappa shape index (κ2) is 5.68. The summed E-state index contributed by atoms with van der Waals surface area (Å²) in [5.74, 6) is 1.60. The molecule has 0 saturated carbocycles. The second-order valence-corrected chi connectivity index (χ2v) is 4.85. The summed E-state index contributed by atoms with van der Waals surface area (Å²) in [5.41, 5.74) is 0.589. The van der Waals surface area contributed by atoms with Crippen LogP contribution in [-0.4, -0.2) is 22.6 Å². The summed E-state index contributed by atoms with van der Waals surface area (Å²) in [5, 5.41) is 9.34. The third-order valence-electron chi connectivity index (χ3n) is 2.97. The van der Waals surface area contributed by atoms with Gasteiger partial charge in [0.1, 0.15) is 0 Å². The molecule has 0 unspecified atom stereocenters. The predicted octanol–water partition coefficient (Wildman–Crippen LogP) is 2.07. The summed E-state index contributed by atoms with van der Waals surface area (Å²) in [7, 11) is 0. The summed E-state index contributed by atoms with van der Waals surface area (Å²) >= 11 is 0. The number of rotatable bonds is 5. The quantitative estimate of drug-likeness (QED) is 0.802. The molecule has 0 saturated heterocycles. The van der Waals surface area contributed by atoms with Gasteiger partial charge in [0.25, 0.3) is 5.91 Å². The molecular weight excluding hydrogens is 202 g/mol. The van der Waals surface area contributed by atoms with Crippen molar-refractivity contribution in [3.05, 3.63) is 18.0 Å². The lowest BCUT2D eigenvalue weighted by Crippen LogP contribution is -2.33. The molecule has 1 rings (SSSR count). The van der Waals surface area contributed by atoms with Crippen LogP contribution in [0.3, 0.4) is 0 Å². The molecule has 0 spiro atoms. The van der Waals surface area contributed by atoms with E-state index in [1.54, 1.807) is 6.20 Å². The lowest BCUT2D eigenvalue weighted by atomic mass is 9.85. The van der Waals surface area contributed by atoms with E-state index in [1.807, 2.05) is 0 Å². The highest BCUT2D eigenvalue weighted by Gasteiger charge is 2.18. The highest BCUT2D eigenvalue weighted by Crippen LogP contribution is 2.19. The van der Waals surface area contributed by atoms with E-state index < -0.39 is 0 Å². The highest BCUT2D eigenvalue weighted by atomic mass is 16.1. The first kappa shape index (κ1) is 12.7. The number of aromatic nitrogens is 2. The van der Waals surface area contributed by atoms with Crippen LogP contribution in [0.2, 0.25) is 0 Å². The molecule has 4 nitrogen and oxygen atoms in total. The summed E-state index contributed by atoms with van der Waals surface area (Å²) < 4.78 is 0. The van der Waals surface area contributed by atoms with Gasteiger partial charge >= 0.3 is 0 Å². The monoisotopic (exact) mass is 223 g/mol. The Labute approximate surface area is 96.8 Å². The second-order valence-electron chi connectivity index (χ2n) is 4.85. The van der Waals surface area contributed by atoms with Crippen LogP contribution in [-0.2, 0) is 0 Å². The zero-order valence-electron chi connectivity index (χ0n) is 10.4. The van der Waals surface area contributed by atoms with Crippen molar-refractivity contribution < 1.29 is 4.79 Å². The standard InChI is InChI=1S/C12H21N3O/c1-8(2)11(9(3)4)7-13-12(16)10-5-14-15-6-10/h5-6,8-9,11H,7H2,1-4H3,(H,13,16)(H,14,15). The van der Waals surface area contributed by atoms with Crippen molar-refractivity contribution in [1.29, 1.82) is 0 Å². The summed E-state index contributed by atoms with van der Waals surface area (Å²) in [6.07, 6.45) is 3.14. The van der Waals surface area contributed by atoms with Crippen LogP contribution in [0, 0.1) is 17.8 Å². The largest absolute Gasteiger partial charge is 0.352 e. The Bertz CT molecular complexity index is 309.